The smallest absolute Gasteiger partial charge is 0.341 e. The molecule has 0 N–H and O–H groups in total. The summed E-state index contributed by atoms with van der Waals surface area (Å²) in [5, 5.41) is 0. The van der Waals surface area contributed by atoms with Gasteiger partial charge < -0.3 is 4.74 Å². The molecule has 40 heavy (non-hydrogen) atoms. The molecule has 0 fully saturated rings. The van der Waals surface area contributed by atoms with Crippen molar-refractivity contribution in [3.05, 3.63) is 25.3 Å². The molecule has 248 valence electrons. The Labute approximate surface area is 213 Å². The van der Waals surface area contributed by atoms with Crippen LogP contribution >= 0.6 is 0 Å². The van der Waals surface area contributed by atoms with Crippen molar-refractivity contribution in [1.82, 2.24) is 0 Å². The minimum Gasteiger partial charge on any atom is -0.341 e. The van der Waals surface area contributed by atoms with Crippen molar-refractivity contribution < 1.29 is 103 Å². The molecule has 0 heterocycles. The monoisotopic (exact) mass is 654 g/mol. The van der Waals surface area contributed by atoms with Crippen LogP contribution in [0.25, 0.3) is 0 Å². The highest BCUT2D eigenvalue weighted by atomic mass is 19.4. The van der Waals surface area contributed by atoms with Gasteiger partial charge in [0.15, 0.2) is 20.1 Å². The number of hydrogen-bond acceptors (Lipinski definition) is 3. The summed E-state index contributed by atoms with van der Waals surface area (Å²) in [6.07, 6.45) is -17.1. The predicted octanol–water partition coefficient (Wildman–Crippen LogP) is 9.57. The molecule has 3 nitrogen and oxygen atoms in total. The third-order valence-corrected chi connectivity index (χ3v) is 1.93. The maximum absolute atomic E-state index is 11.4. The van der Waals surface area contributed by atoms with Crippen LogP contribution in [0.4, 0.5) is 88.1 Å². The first-order valence-corrected chi connectivity index (χ1v) is 8.98. The molecule has 0 amide bonds. The molecule has 0 aromatic heterocycles. The van der Waals surface area contributed by atoms with Gasteiger partial charge in [0.05, 0.1) is 0 Å². The number of halogens is 20. The van der Waals surface area contributed by atoms with Gasteiger partial charge in [0.2, 0.25) is 6.86 Å². The van der Waals surface area contributed by atoms with Crippen LogP contribution in [0.2, 0.25) is 0 Å². The predicted molar refractivity (Wildman–Crippen MR) is 97.9 cm³/mol. The first-order chi connectivity index (χ1) is 17.8. The van der Waals surface area contributed by atoms with E-state index in [4.69, 9.17) is 0 Å². The molecule has 0 saturated heterocycles. The summed E-state index contributed by atoms with van der Waals surface area (Å²) >= 11 is 0. The Kier molecular flexibility index (Phi) is 36.2. The molecule has 0 aromatic rings. The third-order valence-electron chi connectivity index (χ3n) is 1.93. The summed E-state index contributed by atoms with van der Waals surface area (Å²) in [6.45, 7) is -2.92. The van der Waals surface area contributed by atoms with Crippen LogP contribution in [0.3, 0.4) is 0 Å². The van der Waals surface area contributed by atoms with Gasteiger partial charge >= 0.3 is 30.6 Å². The van der Waals surface area contributed by atoms with E-state index >= 15 is 0 Å². The highest BCUT2D eigenvalue weighted by Crippen LogP contribution is 2.35. The highest BCUT2D eigenvalue weighted by molar-refractivity contribution is 4.74. The van der Waals surface area contributed by atoms with E-state index in [1.165, 1.54) is 12.2 Å². The molecule has 0 aliphatic carbocycles. The highest BCUT2D eigenvalue weighted by Gasteiger charge is 2.58. The lowest BCUT2D eigenvalue weighted by atomic mass is 10.3. The SMILES string of the molecule is C=CCCC(F)(F)F.C=CCF.FCC(F)(F)F.FCOCC(F)(F)F.FCOF.FOCC(F)(F)C(F)(F)F. The number of hydrogen-bond donors (Lipinski definition) is 0. The van der Waals surface area contributed by atoms with Crippen molar-refractivity contribution >= 4 is 0 Å². The zero-order valence-corrected chi connectivity index (χ0v) is 19.5. The van der Waals surface area contributed by atoms with Crippen molar-refractivity contribution in [3.63, 3.8) is 0 Å². The van der Waals surface area contributed by atoms with Gasteiger partial charge in [-0.15, -0.1) is 13.2 Å². The largest absolute Gasteiger partial charge is 0.455 e. The van der Waals surface area contributed by atoms with Gasteiger partial charge in [-0.05, 0) is 15.5 Å². The Bertz CT molecular complexity index is 526. The zero-order valence-electron chi connectivity index (χ0n) is 19.5. The maximum Gasteiger partial charge on any atom is 0.455 e. The summed E-state index contributed by atoms with van der Waals surface area (Å²) in [5.74, 6) is -5.11. The van der Waals surface area contributed by atoms with Crippen LogP contribution in [0.1, 0.15) is 12.8 Å². The molecule has 23 heteroatoms. The number of alkyl halides is 18. The van der Waals surface area contributed by atoms with E-state index in [0.29, 0.717) is 0 Å². The minimum absolute atomic E-state index is 0.0174. The fraction of sp³-hybridized carbons (Fsp3) is 0.765. The molecule has 0 aliphatic heterocycles. The molecule has 0 unspecified atom stereocenters. The second kappa shape index (κ2) is 28.5. The molecule has 0 atom stereocenters. The molecular weight excluding hydrogens is 632 g/mol. The van der Waals surface area contributed by atoms with Crippen molar-refractivity contribution in [2.45, 2.75) is 43.5 Å². The standard InChI is InChI=1S/C5H7F3.C3H2F6O.C3H4F4O.C3H5F.C2H2F4.CH2F2O/c1-2-3-4-5(6,7)8;4-2(5,1-10-9)3(6,7)8;4-2-8-1-3(5,6)7;1-2-3-4;3-1-2(4,5)6;2-1-4-3/h2H,1,3-4H2;1H2;1-2H2;2H,1,3H2;1H2;1H2. The molecular formula is C17H22F20O3. The Morgan fingerprint density at radius 2 is 0.925 bits per heavy atom. The van der Waals surface area contributed by atoms with Crippen LogP contribution in [0.15, 0.2) is 25.3 Å². The Morgan fingerprint density at radius 1 is 0.550 bits per heavy atom. The van der Waals surface area contributed by atoms with Crippen molar-refractivity contribution in [2.24, 2.45) is 0 Å². The van der Waals surface area contributed by atoms with Crippen LogP contribution < -0.4 is 0 Å². The molecule has 0 bridgehead atoms. The fourth-order valence-electron chi connectivity index (χ4n) is 0.570. The average Bonchev–Trinajstić information content (AvgIpc) is 2.81. The van der Waals surface area contributed by atoms with Crippen molar-refractivity contribution in [1.29, 1.82) is 0 Å². The topological polar surface area (TPSA) is 27.7 Å². The number of allylic oxidation sites excluding steroid dienone is 2. The summed E-state index contributed by atoms with van der Waals surface area (Å²) in [7, 11) is 0. The maximum atomic E-state index is 11.4. The molecule has 0 aromatic carbocycles. The summed E-state index contributed by atoms with van der Waals surface area (Å²) in [5.41, 5.74) is 0. The Balaban J connectivity index is -0.0000000894. The van der Waals surface area contributed by atoms with Crippen LogP contribution in [-0.4, -0.2) is 70.9 Å². The molecule has 0 radical (unpaired) electrons. The quantitative estimate of drug-likeness (QED) is 0.193. The third kappa shape index (κ3) is 65.2. The fourth-order valence-corrected chi connectivity index (χ4v) is 0.570. The molecule has 0 rings (SSSR count). The number of rotatable bonds is 8. The first kappa shape index (κ1) is 50.8. The summed E-state index contributed by atoms with van der Waals surface area (Å²) in [6, 6.07) is 0. The van der Waals surface area contributed by atoms with Crippen LogP contribution in [-0.2, 0) is 14.6 Å². The molecule has 0 spiro atoms. The second-order valence-corrected chi connectivity index (χ2v) is 5.38. The minimum atomic E-state index is -5.75. The van der Waals surface area contributed by atoms with E-state index in [9.17, 15) is 88.1 Å². The first-order valence-electron chi connectivity index (χ1n) is 8.98. The van der Waals surface area contributed by atoms with Gasteiger partial charge in [0, 0.05) is 6.42 Å². The lowest BCUT2D eigenvalue weighted by Gasteiger charge is -2.16. The van der Waals surface area contributed by atoms with Gasteiger partial charge in [-0.1, -0.05) is 12.2 Å². The normalized spacial score (nSPS) is 11.3. The van der Waals surface area contributed by atoms with Gasteiger partial charge in [-0.25, -0.2) is 17.6 Å². The lowest BCUT2D eigenvalue weighted by Crippen LogP contribution is -2.40. The van der Waals surface area contributed by atoms with E-state index in [0.717, 1.165) is 0 Å². The summed E-state index contributed by atoms with van der Waals surface area (Å²) < 4.78 is 219. The van der Waals surface area contributed by atoms with Crippen LogP contribution in [0.5, 0.6) is 0 Å². The van der Waals surface area contributed by atoms with Crippen molar-refractivity contribution in [2.75, 3.05) is 40.3 Å². The zero-order chi connectivity index (χ0) is 33.7. The lowest BCUT2D eigenvalue weighted by molar-refractivity contribution is -0.320. The van der Waals surface area contributed by atoms with E-state index in [2.05, 4.69) is 27.8 Å². The second-order valence-electron chi connectivity index (χ2n) is 5.38. The Morgan fingerprint density at radius 3 is 1.00 bits per heavy atom. The number of ether oxygens (including phenoxy) is 1. The van der Waals surface area contributed by atoms with E-state index in [-0.39, 0.29) is 6.42 Å². The van der Waals surface area contributed by atoms with Gasteiger partial charge in [-0.2, -0.15) is 71.3 Å². The molecule has 0 aliphatic rings. The van der Waals surface area contributed by atoms with Crippen molar-refractivity contribution in [3.8, 4) is 0 Å². The van der Waals surface area contributed by atoms with Gasteiger partial charge in [0.1, 0.15) is 13.3 Å². The Hall–Kier alpha value is -2.04. The van der Waals surface area contributed by atoms with E-state index < -0.39 is 77.3 Å². The van der Waals surface area contributed by atoms with Gasteiger partial charge in [-0.3, -0.25) is 0 Å². The van der Waals surface area contributed by atoms with Crippen LogP contribution in [0, 0.1) is 0 Å². The summed E-state index contributed by atoms with van der Waals surface area (Å²) in [4.78, 5) is 4.54. The molecule has 0 saturated carbocycles. The average molecular weight is 654 g/mol. The van der Waals surface area contributed by atoms with E-state index in [1.54, 1.807) is 0 Å². The van der Waals surface area contributed by atoms with Gasteiger partial charge in [0.25, 0.3) is 0 Å². The van der Waals surface area contributed by atoms with E-state index in [1.807, 2.05) is 0 Å².